The Bertz CT molecular complexity index is 670. The van der Waals surface area contributed by atoms with Gasteiger partial charge in [-0.2, -0.15) is 0 Å². The maximum Gasteiger partial charge on any atom is 0.123 e. The average molecular weight is 344 g/mol. The molecule has 0 aromatic heterocycles. The van der Waals surface area contributed by atoms with Crippen LogP contribution in [0.15, 0.2) is 48.5 Å². The smallest absolute Gasteiger partial charge is 0.123 e. The minimum absolute atomic E-state index is 0.209. The van der Waals surface area contributed by atoms with Gasteiger partial charge in [0.05, 0.1) is 0 Å². The number of para-hydroxylation sites is 1. The molecule has 1 aliphatic rings. The van der Waals surface area contributed by atoms with Gasteiger partial charge in [0.15, 0.2) is 0 Å². The molecule has 1 aliphatic heterocycles. The van der Waals surface area contributed by atoms with Gasteiger partial charge in [-0.1, -0.05) is 18.2 Å². The molecule has 134 valence electrons. The lowest BCUT2D eigenvalue weighted by Crippen LogP contribution is -2.49. The first-order valence-corrected chi connectivity index (χ1v) is 8.71. The van der Waals surface area contributed by atoms with E-state index in [1.807, 2.05) is 43.3 Å². The molecule has 0 saturated carbocycles. The monoisotopic (exact) mass is 344 g/mol. The summed E-state index contributed by atoms with van der Waals surface area (Å²) in [5.41, 5.74) is 2.12. The Labute approximate surface area is 148 Å². The first-order valence-electron chi connectivity index (χ1n) is 8.71. The molecule has 1 heterocycles. The van der Waals surface area contributed by atoms with E-state index < -0.39 is 6.10 Å². The van der Waals surface area contributed by atoms with Crippen molar-refractivity contribution in [1.29, 1.82) is 0 Å². The Morgan fingerprint density at radius 3 is 2.40 bits per heavy atom. The molecule has 0 unspecified atom stereocenters. The van der Waals surface area contributed by atoms with Crippen LogP contribution in [0.25, 0.3) is 0 Å². The number of halogens is 1. The molecule has 0 radical (unpaired) electrons. The van der Waals surface area contributed by atoms with Crippen LogP contribution in [0.3, 0.4) is 0 Å². The van der Waals surface area contributed by atoms with Crippen LogP contribution < -0.4 is 9.64 Å². The van der Waals surface area contributed by atoms with E-state index in [-0.39, 0.29) is 5.82 Å². The number of piperazine rings is 1. The Balaban J connectivity index is 1.42. The van der Waals surface area contributed by atoms with E-state index >= 15 is 0 Å². The number of benzene rings is 2. The summed E-state index contributed by atoms with van der Waals surface area (Å²) in [6.45, 7) is 6.38. The highest BCUT2D eigenvalue weighted by Crippen LogP contribution is 2.18. The van der Waals surface area contributed by atoms with Gasteiger partial charge >= 0.3 is 0 Å². The minimum atomic E-state index is -0.517. The molecule has 1 N–H and O–H groups in total. The molecule has 2 aromatic carbocycles. The third-order valence-corrected chi connectivity index (χ3v) is 4.56. The number of hydrogen-bond acceptors (Lipinski definition) is 4. The zero-order chi connectivity index (χ0) is 17.6. The lowest BCUT2D eigenvalue weighted by molar-refractivity contribution is 0.0661. The highest BCUT2D eigenvalue weighted by Gasteiger charge is 2.20. The summed E-state index contributed by atoms with van der Waals surface area (Å²) in [7, 11) is 0. The van der Waals surface area contributed by atoms with Crippen LogP contribution in [0.5, 0.6) is 5.75 Å². The van der Waals surface area contributed by atoms with Gasteiger partial charge in [-0.25, -0.2) is 4.39 Å². The van der Waals surface area contributed by atoms with Gasteiger partial charge < -0.3 is 14.7 Å². The first-order chi connectivity index (χ1) is 12.1. The van der Waals surface area contributed by atoms with Crippen molar-refractivity contribution in [2.24, 2.45) is 0 Å². The number of aliphatic hydroxyl groups is 1. The number of anilines is 1. The van der Waals surface area contributed by atoms with Gasteiger partial charge in [0, 0.05) is 38.4 Å². The van der Waals surface area contributed by atoms with Crippen LogP contribution >= 0.6 is 0 Å². The Morgan fingerprint density at radius 1 is 1.04 bits per heavy atom. The second-order valence-electron chi connectivity index (χ2n) is 6.49. The molecule has 3 rings (SSSR count). The molecule has 1 atom stereocenters. The Morgan fingerprint density at radius 2 is 1.72 bits per heavy atom. The van der Waals surface area contributed by atoms with Crippen LogP contribution in [-0.4, -0.2) is 55.4 Å². The zero-order valence-corrected chi connectivity index (χ0v) is 14.6. The second-order valence-corrected chi connectivity index (χ2v) is 6.49. The van der Waals surface area contributed by atoms with Crippen LogP contribution in [0.4, 0.5) is 10.1 Å². The molecule has 0 amide bonds. The molecule has 25 heavy (non-hydrogen) atoms. The van der Waals surface area contributed by atoms with E-state index in [1.165, 1.54) is 12.1 Å². The van der Waals surface area contributed by atoms with E-state index in [0.717, 1.165) is 43.2 Å². The number of ether oxygens (including phenoxy) is 1. The molecule has 5 heteroatoms. The summed E-state index contributed by atoms with van der Waals surface area (Å²) in [5.74, 6) is 0.613. The number of rotatable bonds is 6. The summed E-state index contributed by atoms with van der Waals surface area (Å²) in [5, 5.41) is 10.2. The van der Waals surface area contributed by atoms with Crippen molar-refractivity contribution in [3.05, 3.63) is 59.9 Å². The Hall–Kier alpha value is -2.11. The molecule has 4 nitrogen and oxygen atoms in total. The largest absolute Gasteiger partial charge is 0.491 e. The van der Waals surface area contributed by atoms with Crippen LogP contribution in [-0.2, 0) is 0 Å². The Kier molecular flexibility index (Phi) is 5.89. The first kappa shape index (κ1) is 17.7. The van der Waals surface area contributed by atoms with Crippen molar-refractivity contribution < 1.29 is 14.2 Å². The topological polar surface area (TPSA) is 35.9 Å². The van der Waals surface area contributed by atoms with E-state index in [9.17, 15) is 9.50 Å². The summed E-state index contributed by atoms with van der Waals surface area (Å²) in [6, 6.07) is 14.4. The van der Waals surface area contributed by atoms with Crippen molar-refractivity contribution in [1.82, 2.24) is 4.90 Å². The quantitative estimate of drug-likeness (QED) is 0.874. The standard InChI is InChI=1S/C20H25FN2O2/c1-16-4-2-3-5-20(16)25-15-19(24)14-22-10-12-23(13-11-22)18-8-6-17(21)7-9-18/h2-9,19,24H,10-15H2,1H3/t19-/m0/s1. The van der Waals surface area contributed by atoms with E-state index in [1.54, 1.807) is 0 Å². The molecule has 2 aromatic rings. The maximum absolute atomic E-state index is 13.0. The normalized spacial score (nSPS) is 16.7. The van der Waals surface area contributed by atoms with Gasteiger partial charge in [0.1, 0.15) is 24.3 Å². The summed E-state index contributed by atoms with van der Waals surface area (Å²) in [6.07, 6.45) is -0.517. The molecule has 1 saturated heterocycles. The van der Waals surface area contributed by atoms with Crippen molar-refractivity contribution >= 4 is 5.69 Å². The fraction of sp³-hybridized carbons (Fsp3) is 0.400. The molecule has 0 bridgehead atoms. The van der Waals surface area contributed by atoms with Crippen molar-refractivity contribution in [2.45, 2.75) is 13.0 Å². The average Bonchev–Trinajstić information content (AvgIpc) is 2.62. The summed E-state index contributed by atoms with van der Waals surface area (Å²) >= 11 is 0. The molecule has 1 fully saturated rings. The molecular formula is C20H25FN2O2. The summed E-state index contributed by atoms with van der Waals surface area (Å²) in [4.78, 5) is 4.48. The molecule has 0 spiro atoms. The fourth-order valence-corrected chi connectivity index (χ4v) is 3.10. The zero-order valence-electron chi connectivity index (χ0n) is 14.6. The number of hydrogen-bond donors (Lipinski definition) is 1. The summed E-state index contributed by atoms with van der Waals surface area (Å²) < 4.78 is 18.7. The number of aliphatic hydroxyl groups excluding tert-OH is 1. The third-order valence-electron chi connectivity index (χ3n) is 4.56. The second kappa shape index (κ2) is 8.32. The highest BCUT2D eigenvalue weighted by atomic mass is 19.1. The SMILES string of the molecule is Cc1ccccc1OC[C@@H](O)CN1CCN(c2ccc(F)cc2)CC1. The van der Waals surface area contributed by atoms with Gasteiger partial charge in [-0.15, -0.1) is 0 Å². The van der Waals surface area contributed by atoms with Crippen molar-refractivity contribution in [3.8, 4) is 5.75 Å². The third kappa shape index (κ3) is 4.94. The van der Waals surface area contributed by atoms with Crippen LogP contribution in [0.2, 0.25) is 0 Å². The highest BCUT2D eigenvalue weighted by molar-refractivity contribution is 5.46. The minimum Gasteiger partial charge on any atom is -0.491 e. The van der Waals surface area contributed by atoms with Gasteiger partial charge in [0.2, 0.25) is 0 Å². The number of β-amino-alcohol motifs (C(OH)–C–C–N with tert-alkyl or cyclic N) is 1. The molecule has 0 aliphatic carbocycles. The predicted molar refractivity (Wildman–Crippen MR) is 97.7 cm³/mol. The van der Waals surface area contributed by atoms with E-state index in [4.69, 9.17) is 4.74 Å². The number of aryl methyl sites for hydroxylation is 1. The van der Waals surface area contributed by atoms with Crippen LogP contribution in [0, 0.1) is 12.7 Å². The van der Waals surface area contributed by atoms with Gasteiger partial charge in [-0.3, -0.25) is 4.90 Å². The fourth-order valence-electron chi connectivity index (χ4n) is 3.10. The van der Waals surface area contributed by atoms with Gasteiger partial charge in [-0.05, 0) is 42.8 Å². The van der Waals surface area contributed by atoms with E-state index in [2.05, 4.69) is 9.80 Å². The van der Waals surface area contributed by atoms with Crippen LogP contribution in [0.1, 0.15) is 5.56 Å². The molecular weight excluding hydrogens is 319 g/mol. The lowest BCUT2D eigenvalue weighted by atomic mass is 10.2. The number of nitrogens with zero attached hydrogens (tertiary/aromatic N) is 2. The lowest BCUT2D eigenvalue weighted by Gasteiger charge is -2.36. The van der Waals surface area contributed by atoms with E-state index in [0.29, 0.717) is 13.2 Å². The van der Waals surface area contributed by atoms with Crippen molar-refractivity contribution in [3.63, 3.8) is 0 Å². The predicted octanol–water partition coefficient (Wildman–Crippen LogP) is 2.70. The van der Waals surface area contributed by atoms with Crippen molar-refractivity contribution in [2.75, 3.05) is 44.2 Å². The van der Waals surface area contributed by atoms with Gasteiger partial charge in [0.25, 0.3) is 0 Å². The maximum atomic E-state index is 13.0.